The molecule has 8 heteroatoms. The van der Waals surface area contributed by atoms with Crippen molar-refractivity contribution in [3.63, 3.8) is 0 Å². The van der Waals surface area contributed by atoms with Crippen LogP contribution in [0.5, 0.6) is 0 Å². The molecule has 0 spiro atoms. The fourth-order valence-electron chi connectivity index (χ4n) is 2.14. The monoisotopic (exact) mass is 338 g/mol. The Labute approximate surface area is 134 Å². The average molecular weight is 339 g/mol. The molecule has 0 unspecified atom stereocenters. The van der Waals surface area contributed by atoms with E-state index in [1.807, 2.05) is 14.0 Å². The molecule has 0 aliphatic carbocycles. The molecule has 21 heavy (non-hydrogen) atoms. The van der Waals surface area contributed by atoms with Crippen molar-refractivity contribution in [1.29, 1.82) is 0 Å². The van der Waals surface area contributed by atoms with Crippen LogP contribution in [-0.2, 0) is 16.6 Å². The molecule has 124 valence electrons. The van der Waals surface area contributed by atoms with Crippen LogP contribution in [0.4, 0.5) is 0 Å². The van der Waals surface area contributed by atoms with Crippen molar-refractivity contribution in [2.45, 2.75) is 45.6 Å². The number of aryl methyl sites for hydroxylation is 1. The molecule has 2 N–H and O–H groups in total. The number of sulfonamides is 1. The maximum absolute atomic E-state index is 12.4. The molecule has 1 rings (SSSR count). The summed E-state index contributed by atoms with van der Waals surface area (Å²) in [5.74, 6) is 0.423. The minimum absolute atomic E-state index is 0. The van der Waals surface area contributed by atoms with E-state index >= 15 is 0 Å². The Morgan fingerprint density at radius 3 is 2.38 bits per heavy atom. The van der Waals surface area contributed by atoms with E-state index in [-0.39, 0.29) is 12.4 Å². The summed E-state index contributed by atoms with van der Waals surface area (Å²) in [4.78, 5) is 0.322. The van der Waals surface area contributed by atoms with Crippen LogP contribution >= 0.6 is 12.4 Å². The molecule has 0 aliphatic rings. The van der Waals surface area contributed by atoms with E-state index in [2.05, 4.69) is 29.0 Å². The fourth-order valence-corrected chi connectivity index (χ4v) is 3.62. The third-order valence-electron chi connectivity index (χ3n) is 3.02. The number of nitrogens with one attached hydrogen (secondary N) is 2. The number of halogens is 1. The highest BCUT2D eigenvalue weighted by atomic mass is 35.5. The predicted molar refractivity (Wildman–Crippen MR) is 87.5 cm³/mol. The quantitative estimate of drug-likeness (QED) is 0.704. The number of hydrogen-bond donors (Lipinski definition) is 2. The Kier molecular flexibility index (Phi) is 8.46. The second kappa shape index (κ2) is 8.73. The van der Waals surface area contributed by atoms with E-state index in [4.69, 9.17) is 0 Å². The van der Waals surface area contributed by atoms with Gasteiger partial charge in [0.1, 0.15) is 4.90 Å². The van der Waals surface area contributed by atoms with Gasteiger partial charge in [0.2, 0.25) is 10.0 Å². The summed E-state index contributed by atoms with van der Waals surface area (Å²) in [6.45, 7) is 9.66. The van der Waals surface area contributed by atoms with Crippen molar-refractivity contribution in [3.8, 4) is 0 Å². The van der Waals surface area contributed by atoms with Crippen molar-refractivity contribution in [2.24, 2.45) is 5.92 Å². The van der Waals surface area contributed by atoms with Gasteiger partial charge in [0, 0.05) is 13.1 Å². The predicted octanol–water partition coefficient (Wildman–Crippen LogP) is 1.47. The lowest BCUT2D eigenvalue weighted by atomic mass is 10.2. The Morgan fingerprint density at radius 2 is 1.86 bits per heavy atom. The molecule has 0 radical (unpaired) electrons. The molecule has 0 saturated heterocycles. The van der Waals surface area contributed by atoms with Gasteiger partial charge in [-0.15, -0.1) is 12.4 Å². The van der Waals surface area contributed by atoms with E-state index in [1.54, 1.807) is 11.6 Å². The zero-order valence-corrected chi connectivity index (χ0v) is 15.1. The van der Waals surface area contributed by atoms with E-state index < -0.39 is 10.0 Å². The summed E-state index contributed by atoms with van der Waals surface area (Å²) >= 11 is 0. The summed E-state index contributed by atoms with van der Waals surface area (Å²) in [5.41, 5.74) is 1.27. The van der Waals surface area contributed by atoms with Gasteiger partial charge in [0.05, 0.1) is 11.4 Å². The first-order chi connectivity index (χ1) is 9.29. The van der Waals surface area contributed by atoms with Crippen LogP contribution in [0.3, 0.4) is 0 Å². The maximum atomic E-state index is 12.4. The molecule has 6 nitrogen and oxygen atoms in total. The largest absolute Gasteiger partial charge is 0.320 e. The minimum atomic E-state index is -3.48. The normalized spacial score (nSPS) is 11.7. The summed E-state index contributed by atoms with van der Waals surface area (Å²) in [6.07, 6.45) is 0.758. The first-order valence-electron chi connectivity index (χ1n) is 6.98. The standard InChI is InChI=1S/C13H26N4O2S.ClH/c1-10(2)9-17-12(4)13(11(3)16-17)20(18,19)15-8-6-7-14-5;/h10,14-15H,6-9H2,1-5H3;1H. The maximum Gasteiger partial charge on any atom is 0.244 e. The molecule has 0 amide bonds. The van der Waals surface area contributed by atoms with Gasteiger partial charge in [-0.2, -0.15) is 5.10 Å². The SMILES string of the molecule is CNCCCNS(=O)(=O)c1c(C)nn(CC(C)C)c1C.Cl. The van der Waals surface area contributed by atoms with E-state index in [9.17, 15) is 8.42 Å². The fraction of sp³-hybridized carbons (Fsp3) is 0.769. The van der Waals surface area contributed by atoms with E-state index in [1.165, 1.54) is 0 Å². The molecular weight excluding hydrogens is 312 g/mol. The zero-order chi connectivity index (χ0) is 15.3. The summed E-state index contributed by atoms with van der Waals surface area (Å²) < 4.78 is 29.1. The lowest BCUT2D eigenvalue weighted by Gasteiger charge is -2.09. The van der Waals surface area contributed by atoms with Crippen molar-refractivity contribution in [2.75, 3.05) is 20.1 Å². The van der Waals surface area contributed by atoms with Crippen LogP contribution in [0.15, 0.2) is 4.90 Å². The van der Waals surface area contributed by atoms with Gasteiger partial charge >= 0.3 is 0 Å². The van der Waals surface area contributed by atoms with Gasteiger partial charge in [-0.3, -0.25) is 4.68 Å². The second-order valence-electron chi connectivity index (χ2n) is 5.43. The first-order valence-corrected chi connectivity index (χ1v) is 8.46. The number of hydrogen-bond acceptors (Lipinski definition) is 4. The van der Waals surface area contributed by atoms with E-state index in [0.29, 0.717) is 28.7 Å². The average Bonchev–Trinajstić information content (AvgIpc) is 2.60. The van der Waals surface area contributed by atoms with Crippen molar-refractivity contribution in [3.05, 3.63) is 11.4 Å². The summed E-state index contributed by atoms with van der Waals surface area (Å²) in [7, 11) is -1.63. The molecule has 1 aromatic heterocycles. The van der Waals surface area contributed by atoms with Gasteiger partial charge in [0.15, 0.2) is 0 Å². The minimum Gasteiger partial charge on any atom is -0.320 e. The zero-order valence-electron chi connectivity index (χ0n) is 13.4. The molecule has 0 aromatic carbocycles. The van der Waals surface area contributed by atoms with Gasteiger partial charge in [0.25, 0.3) is 0 Å². The smallest absolute Gasteiger partial charge is 0.244 e. The lowest BCUT2D eigenvalue weighted by molar-refractivity contribution is 0.471. The topological polar surface area (TPSA) is 76.0 Å². The molecule has 1 heterocycles. The molecule has 0 saturated carbocycles. The van der Waals surface area contributed by atoms with Crippen LogP contribution in [0, 0.1) is 19.8 Å². The Bertz CT molecular complexity index is 541. The van der Waals surface area contributed by atoms with Crippen molar-refractivity contribution in [1.82, 2.24) is 19.8 Å². The van der Waals surface area contributed by atoms with Gasteiger partial charge in [-0.25, -0.2) is 13.1 Å². The summed E-state index contributed by atoms with van der Waals surface area (Å²) in [6, 6.07) is 0. The molecule has 0 fully saturated rings. The molecular formula is C13H27ClN4O2S. The Balaban J connectivity index is 0.00000400. The van der Waals surface area contributed by atoms with Crippen LogP contribution in [0.25, 0.3) is 0 Å². The third kappa shape index (κ3) is 5.58. The highest BCUT2D eigenvalue weighted by Crippen LogP contribution is 2.20. The van der Waals surface area contributed by atoms with Crippen LogP contribution < -0.4 is 10.0 Å². The summed E-state index contributed by atoms with van der Waals surface area (Å²) in [5, 5.41) is 7.34. The Hall–Kier alpha value is -0.630. The highest BCUT2D eigenvalue weighted by Gasteiger charge is 2.24. The number of rotatable bonds is 8. The van der Waals surface area contributed by atoms with Crippen molar-refractivity contribution >= 4 is 22.4 Å². The van der Waals surface area contributed by atoms with Gasteiger partial charge in [-0.1, -0.05) is 13.8 Å². The highest BCUT2D eigenvalue weighted by molar-refractivity contribution is 7.89. The molecule has 0 bridgehead atoms. The first kappa shape index (κ1) is 20.4. The van der Waals surface area contributed by atoms with Gasteiger partial charge in [-0.05, 0) is 39.8 Å². The molecule has 0 aliphatic heterocycles. The molecule has 0 atom stereocenters. The van der Waals surface area contributed by atoms with E-state index in [0.717, 1.165) is 19.5 Å². The van der Waals surface area contributed by atoms with Crippen molar-refractivity contribution < 1.29 is 8.42 Å². The molecule has 1 aromatic rings. The lowest BCUT2D eigenvalue weighted by Crippen LogP contribution is -2.27. The Morgan fingerprint density at radius 1 is 1.24 bits per heavy atom. The number of aromatic nitrogens is 2. The van der Waals surface area contributed by atoms with Crippen LogP contribution in [0.1, 0.15) is 31.7 Å². The third-order valence-corrected chi connectivity index (χ3v) is 4.73. The van der Waals surface area contributed by atoms with Gasteiger partial charge < -0.3 is 5.32 Å². The van der Waals surface area contributed by atoms with Crippen LogP contribution in [0.2, 0.25) is 0 Å². The number of nitrogens with zero attached hydrogens (tertiary/aromatic N) is 2. The van der Waals surface area contributed by atoms with Crippen LogP contribution in [-0.4, -0.2) is 38.3 Å². The second-order valence-corrected chi connectivity index (χ2v) is 7.13.